The summed E-state index contributed by atoms with van der Waals surface area (Å²) in [6.45, 7) is 3.32. The van der Waals surface area contributed by atoms with Crippen LogP contribution in [0.15, 0.2) is 46.7 Å². The average Bonchev–Trinajstić information content (AvgIpc) is 3.09. The molecule has 0 spiro atoms. The van der Waals surface area contributed by atoms with E-state index in [9.17, 15) is 13.2 Å². The summed E-state index contributed by atoms with van der Waals surface area (Å²) >= 11 is 7.37. The summed E-state index contributed by atoms with van der Waals surface area (Å²) < 4.78 is 27.0. The van der Waals surface area contributed by atoms with Gasteiger partial charge in [-0.15, -0.1) is 11.3 Å². The van der Waals surface area contributed by atoms with E-state index in [2.05, 4.69) is 5.32 Å². The second kappa shape index (κ2) is 11.3. The van der Waals surface area contributed by atoms with Crippen molar-refractivity contribution in [3.05, 3.63) is 64.2 Å². The van der Waals surface area contributed by atoms with Gasteiger partial charge in [-0.3, -0.25) is 4.79 Å². The summed E-state index contributed by atoms with van der Waals surface area (Å²) in [5.74, 6) is -0.657. The van der Waals surface area contributed by atoms with Crippen LogP contribution in [0, 0.1) is 6.92 Å². The van der Waals surface area contributed by atoms with E-state index in [1.165, 1.54) is 16.9 Å². The monoisotopic (exact) mass is 493 g/mol. The topological polar surface area (TPSA) is 83.5 Å². The van der Waals surface area contributed by atoms with Crippen molar-refractivity contribution < 1.29 is 18.3 Å². The number of halogens is 1. The molecule has 0 bridgehead atoms. The number of benzene rings is 2. The summed E-state index contributed by atoms with van der Waals surface area (Å²) in [5.41, 5.74) is 3.04. The molecule has 0 aliphatic rings. The fourth-order valence-corrected chi connectivity index (χ4v) is 7.02. The number of carboxylic acids is 1. The molecular formula is C24H28ClNO4S2. The highest BCUT2D eigenvalue weighted by molar-refractivity contribution is 7.93. The van der Waals surface area contributed by atoms with Crippen molar-refractivity contribution in [2.75, 3.05) is 18.8 Å². The van der Waals surface area contributed by atoms with Crippen molar-refractivity contribution in [1.82, 2.24) is 5.32 Å². The lowest BCUT2D eigenvalue weighted by atomic mass is 10.0. The van der Waals surface area contributed by atoms with E-state index >= 15 is 0 Å². The van der Waals surface area contributed by atoms with Crippen LogP contribution in [-0.4, -0.2) is 38.3 Å². The molecule has 0 unspecified atom stereocenters. The van der Waals surface area contributed by atoms with Gasteiger partial charge < -0.3 is 10.4 Å². The summed E-state index contributed by atoms with van der Waals surface area (Å²) in [4.78, 5) is 10.6. The van der Waals surface area contributed by atoms with Crippen LogP contribution in [0.3, 0.4) is 0 Å². The van der Waals surface area contributed by atoms with Gasteiger partial charge in [-0.2, -0.15) is 0 Å². The number of carbonyl (C=O) groups is 1. The van der Waals surface area contributed by atoms with Crippen molar-refractivity contribution in [2.24, 2.45) is 0 Å². The van der Waals surface area contributed by atoms with Gasteiger partial charge in [-0.1, -0.05) is 35.9 Å². The zero-order valence-electron chi connectivity index (χ0n) is 18.1. The first kappa shape index (κ1) is 24.7. The van der Waals surface area contributed by atoms with Gasteiger partial charge in [0.25, 0.3) is 0 Å². The van der Waals surface area contributed by atoms with Crippen LogP contribution in [-0.2, 0) is 27.5 Å². The van der Waals surface area contributed by atoms with Crippen LogP contribution in [0.25, 0.3) is 10.1 Å². The van der Waals surface area contributed by atoms with Gasteiger partial charge >= 0.3 is 5.97 Å². The zero-order valence-corrected chi connectivity index (χ0v) is 20.5. The van der Waals surface area contributed by atoms with Crippen molar-refractivity contribution >= 4 is 48.8 Å². The van der Waals surface area contributed by atoms with Crippen molar-refractivity contribution in [1.29, 1.82) is 0 Å². The number of rotatable bonds is 12. The van der Waals surface area contributed by atoms with Gasteiger partial charge in [0.05, 0.1) is 5.75 Å². The Balaban J connectivity index is 1.38. The number of hydrogen-bond acceptors (Lipinski definition) is 5. The number of thiophene rings is 1. The summed E-state index contributed by atoms with van der Waals surface area (Å²) in [5, 5.41) is 13.6. The molecule has 3 rings (SSSR count). The molecule has 1 aromatic heterocycles. The SMILES string of the molecule is Cc1c(S(=O)(=O)CCCNCCCc2ccc(CCC(=O)O)cc2)sc2ccc(Cl)cc12. The van der Waals surface area contributed by atoms with Gasteiger partial charge in [0.1, 0.15) is 4.21 Å². The van der Waals surface area contributed by atoms with Crippen molar-refractivity contribution in [3.63, 3.8) is 0 Å². The third kappa shape index (κ3) is 6.78. The molecule has 1 heterocycles. The Hall–Kier alpha value is -1.93. The molecule has 172 valence electrons. The number of sulfone groups is 1. The standard InChI is InChI=1S/C24H28ClNO4S2/c1-17-21-16-20(25)10-11-22(21)31-24(17)32(29,30)15-3-14-26-13-2-4-18-5-7-19(8-6-18)9-12-23(27)28/h5-8,10-11,16,26H,2-4,9,12-15H2,1H3,(H,27,28). The smallest absolute Gasteiger partial charge is 0.303 e. The van der Waals surface area contributed by atoms with E-state index in [0.717, 1.165) is 40.6 Å². The lowest BCUT2D eigenvalue weighted by molar-refractivity contribution is -0.136. The van der Waals surface area contributed by atoms with Gasteiger partial charge in [0.15, 0.2) is 9.84 Å². The molecule has 0 fully saturated rings. The minimum absolute atomic E-state index is 0.124. The fourth-order valence-electron chi connectivity index (χ4n) is 3.61. The first-order chi connectivity index (χ1) is 15.3. The molecule has 0 saturated carbocycles. The molecule has 32 heavy (non-hydrogen) atoms. The Morgan fingerprint density at radius 2 is 1.69 bits per heavy atom. The molecule has 2 N–H and O–H groups in total. The lowest BCUT2D eigenvalue weighted by Gasteiger charge is -2.07. The molecule has 0 aliphatic heterocycles. The molecule has 5 nitrogen and oxygen atoms in total. The van der Waals surface area contributed by atoms with Crippen LogP contribution in [0.1, 0.15) is 36.0 Å². The quantitative estimate of drug-likeness (QED) is 0.336. The molecule has 0 radical (unpaired) electrons. The Bertz CT molecular complexity index is 1170. The Morgan fingerprint density at radius 1 is 1.03 bits per heavy atom. The minimum atomic E-state index is -3.32. The van der Waals surface area contributed by atoms with Gasteiger partial charge in [-0.05, 0) is 86.0 Å². The molecule has 0 amide bonds. The fraction of sp³-hybridized carbons (Fsp3) is 0.375. The minimum Gasteiger partial charge on any atom is -0.481 e. The van der Waals surface area contributed by atoms with Crippen LogP contribution in [0.5, 0.6) is 0 Å². The van der Waals surface area contributed by atoms with Gasteiger partial charge in [0, 0.05) is 16.1 Å². The third-order valence-corrected chi connectivity index (χ3v) is 9.38. The van der Waals surface area contributed by atoms with E-state index in [4.69, 9.17) is 16.7 Å². The molecule has 0 atom stereocenters. The second-order valence-corrected chi connectivity index (χ2v) is 11.7. The van der Waals surface area contributed by atoms with Gasteiger partial charge in [0.2, 0.25) is 0 Å². The summed E-state index contributed by atoms with van der Waals surface area (Å²) in [6, 6.07) is 13.6. The highest BCUT2D eigenvalue weighted by Crippen LogP contribution is 2.36. The van der Waals surface area contributed by atoms with Gasteiger partial charge in [-0.25, -0.2) is 8.42 Å². The van der Waals surface area contributed by atoms with E-state index in [-0.39, 0.29) is 12.2 Å². The van der Waals surface area contributed by atoms with Crippen LogP contribution >= 0.6 is 22.9 Å². The number of hydrogen-bond donors (Lipinski definition) is 2. The molecule has 0 saturated heterocycles. The number of fused-ring (bicyclic) bond motifs is 1. The van der Waals surface area contributed by atoms with E-state index < -0.39 is 15.8 Å². The zero-order chi connectivity index (χ0) is 23.1. The predicted octanol–water partition coefficient (Wildman–Crippen LogP) is 5.27. The van der Waals surface area contributed by atoms with Crippen LogP contribution in [0.4, 0.5) is 0 Å². The number of aliphatic carboxylic acids is 1. The maximum absolute atomic E-state index is 12.8. The number of nitrogens with one attached hydrogen (secondary N) is 1. The van der Waals surface area contributed by atoms with E-state index in [1.807, 2.05) is 43.3 Å². The summed E-state index contributed by atoms with van der Waals surface area (Å²) in [7, 11) is -3.32. The lowest BCUT2D eigenvalue weighted by Crippen LogP contribution is -2.20. The first-order valence-corrected chi connectivity index (χ1v) is 13.5. The molecular weight excluding hydrogens is 466 g/mol. The highest BCUT2D eigenvalue weighted by atomic mass is 35.5. The maximum atomic E-state index is 12.8. The number of carboxylic acid groups (broad SMARTS) is 1. The Labute approximate surface area is 198 Å². The van der Waals surface area contributed by atoms with Crippen LogP contribution < -0.4 is 5.32 Å². The van der Waals surface area contributed by atoms with Crippen molar-refractivity contribution in [2.45, 2.75) is 43.2 Å². The second-order valence-electron chi connectivity index (χ2n) is 7.89. The van der Waals surface area contributed by atoms with Crippen molar-refractivity contribution in [3.8, 4) is 0 Å². The molecule has 3 aromatic rings. The average molecular weight is 494 g/mol. The Kier molecular flexibility index (Phi) is 8.71. The highest BCUT2D eigenvalue weighted by Gasteiger charge is 2.21. The first-order valence-electron chi connectivity index (χ1n) is 10.7. The predicted molar refractivity (Wildman–Crippen MR) is 132 cm³/mol. The van der Waals surface area contributed by atoms with Crippen LogP contribution in [0.2, 0.25) is 5.02 Å². The maximum Gasteiger partial charge on any atom is 0.303 e. The summed E-state index contributed by atoms with van der Waals surface area (Å²) in [6.07, 6.45) is 3.14. The van der Waals surface area contributed by atoms with E-state index in [1.54, 1.807) is 6.07 Å². The largest absolute Gasteiger partial charge is 0.481 e. The number of aryl methyl sites for hydroxylation is 3. The molecule has 2 aromatic carbocycles. The normalized spacial score (nSPS) is 11.8. The van der Waals surface area contributed by atoms with E-state index in [0.29, 0.717) is 28.6 Å². The Morgan fingerprint density at radius 3 is 2.38 bits per heavy atom. The third-order valence-electron chi connectivity index (χ3n) is 5.37. The molecule has 8 heteroatoms. The molecule has 0 aliphatic carbocycles.